The van der Waals surface area contributed by atoms with Crippen molar-refractivity contribution < 1.29 is 14.7 Å². The van der Waals surface area contributed by atoms with Gasteiger partial charge in [0.2, 0.25) is 0 Å². The highest BCUT2D eigenvalue weighted by molar-refractivity contribution is 5.90. The maximum Gasteiger partial charge on any atom is 0.319 e. The van der Waals surface area contributed by atoms with Crippen LogP contribution in [0.2, 0.25) is 0 Å². The van der Waals surface area contributed by atoms with Gasteiger partial charge in [-0.2, -0.15) is 5.10 Å². The number of amides is 2. The number of aryl methyl sites for hydroxylation is 1. The summed E-state index contributed by atoms with van der Waals surface area (Å²) in [5.74, 6) is -0.880. The summed E-state index contributed by atoms with van der Waals surface area (Å²) < 4.78 is 1.84. The van der Waals surface area contributed by atoms with Gasteiger partial charge in [0.1, 0.15) is 0 Å². The van der Waals surface area contributed by atoms with Crippen LogP contribution in [0.4, 0.5) is 10.5 Å². The Kier molecular flexibility index (Phi) is 6.60. The standard InChI is InChI=1S/C20H28N4O3/c1-5-6-17-16(13-21-24(17)15-9-7-14(2)8-10-15)22-19(27)23-20(3,4)12-11-18(25)26/h7-10,13H,5-6,11-12H2,1-4H3,(H,25,26)(H2,22,23,27). The van der Waals surface area contributed by atoms with Crippen molar-refractivity contribution in [2.24, 2.45) is 0 Å². The molecule has 2 aromatic rings. The molecule has 0 saturated heterocycles. The van der Waals surface area contributed by atoms with Gasteiger partial charge in [0.25, 0.3) is 0 Å². The van der Waals surface area contributed by atoms with Gasteiger partial charge < -0.3 is 15.7 Å². The summed E-state index contributed by atoms with van der Waals surface area (Å²) in [4.78, 5) is 23.2. The number of carboxylic acid groups (broad SMARTS) is 1. The zero-order chi connectivity index (χ0) is 20.0. The highest BCUT2D eigenvalue weighted by atomic mass is 16.4. The molecular formula is C20H28N4O3. The fraction of sp³-hybridized carbons (Fsp3) is 0.450. The molecule has 7 nitrogen and oxygen atoms in total. The third-order valence-corrected chi connectivity index (χ3v) is 4.30. The van der Waals surface area contributed by atoms with Crippen LogP contribution in [0.25, 0.3) is 5.69 Å². The Bertz CT molecular complexity index is 794. The van der Waals surface area contributed by atoms with E-state index in [1.54, 1.807) is 20.0 Å². The van der Waals surface area contributed by atoms with E-state index >= 15 is 0 Å². The summed E-state index contributed by atoms with van der Waals surface area (Å²) in [6.07, 6.45) is 3.68. The molecular weight excluding hydrogens is 344 g/mol. The lowest BCUT2D eigenvalue weighted by molar-refractivity contribution is -0.137. The number of hydrogen-bond donors (Lipinski definition) is 3. The Balaban J connectivity index is 2.15. The summed E-state index contributed by atoms with van der Waals surface area (Å²) in [5, 5.41) is 19.0. The van der Waals surface area contributed by atoms with Gasteiger partial charge in [0.05, 0.1) is 23.3 Å². The SMILES string of the molecule is CCCc1c(NC(=O)NC(C)(C)CCC(=O)O)cnn1-c1ccc(C)cc1. The molecule has 0 atom stereocenters. The molecule has 0 bridgehead atoms. The fourth-order valence-electron chi connectivity index (χ4n) is 2.81. The van der Waals surface area contributed by atoms with Gasteiger partial charge in [-0.1, -0.05) is 31.0 Å². The summed E-state index contributed by atoms with van der Waals surface area (Å²) in [6, 6.07) is 7.68. The maximum atomic E-state index is 12.4. The molecule has 1 aromatic heterocycles. The van der Waals surface area contributed by atoms with E-state index in [4.69, 9.17) is 5.11 Å². The number of benzene rings is 1. The van der Waals surface area contributed by atoms with Crippen LogP contribution in [-0.2, 0) is 11.2 Å². The number of aliphatic carboxylic acids is 1. The molecule has 0 aliphatic carbocycles. The van der Waals surface area contributed by atoms with E-state index in [1.165, 1.54) is 5.56 Å². The number of anilines is 1. The lowest BCUT2D eigenvalue weighted by atomic mass is 9.99. The van der Waals surface area contributed by atoms with Crippen LogP contribution < -0.4 is 10.6 Å². The zero-order valence-corrected chi connectivity index (χ0v) is 16.4. The number of carbonyl (C=O) groups excluding carboxylic acids is 1. The number of carbonyl (C=O) groups is 2. The minimum atomic E-state index is -0.880. The number of carboxylic acids is 1. The number of urea groups is 1. The molecule has 0 saturated carbocycles. The molecule has 0 fully saturated rings. The second-order valence-corrected chi connectivity index (χ2v) is 7.36. The third-order valence-electron chi connectivity index (χ3n) is 4.30. The van der Waals surface area contributed by atoms with E-state index in [-0.39, 0.29) is 12.5 Å². The van der Waals surface area contributed by atoms with Crippen LogP contribution in [0, 0.1) is 6.92 Å². The molecule has 3 N–H and O–H groups in total. The largest absolute Gasteiger partial charge is 0.481 e. The Hall–Kier alpha value is -2.83. The summed E-state index contributed by atoms with van der Waals surface area (Å²) in [6.45, 7) is 7.71. The molecule has 0 unspecified atom stereocenters. The van der Waals surface area contributed by atoms with E-state index in [1.807, 2.05) is 35.9 Å². The average Bonchev–Trinajstić information content (AvgIpc) is 2.96. The first kappa shape index (κ1) is 20.5. The van der Waals surface area contributed by atoms with Crippen molar-refractivity contribution in [3.05, 3.63) is 41.7 Å². The average molecular weight is 372 g/mol. The van der Waals surface area contributed by atoms with Crippen molar-refractivity contribution in [2.45, 2.75) is 58.9 Å². The number of nitrogens with one attached hydrogen (secondary N) is 2. The van der Waals surface area contributed by atoms with E-state index in [9.17, 15) is 9.59 Å². The normalized spacial score (nSPS) is 11.3. The Morgan fingerprint density at radius 1 is 1.22 bits per heavy atom. The smallest absolute Gasteiger partial charge is 0.319 e. The first-order valence-corrected chi connectivity index (χ1v) is 9.17. The summed E-state index contributed by atoms with van der Waals surface area (Å²) in [7, 11) is 0. The Morgan fingerprint density at radius 3 is 2.48 bits per heavy atom. The van der Waals surface area contributed by atoms with Gasteiger partial charge in [-0.3, -0.25) is 4.79 Å². The molecule has 7 heteroatoms. The molecule has 146 valence electrons. The fourth-order valence-corrected chi connectivity index (χ4v) is 2.81. The van der Waals surface area contributed by atoms with Crippen molar-refractivity contribution in [3.63, 3.8) is 0 Å². The van der Waals surface area contributed by atoms with E-state index in [0.29, 0.717) is 12.1 Å². The molecule has 1 aromatic carbocycles. The summed E-state index contributed by atoms with van der Waals surface area (Å²) >= 11 is 0. The van der Waals surface area contributed by atoms with Gasteiger partial charge in [-0.25, -0.2) is 9.48 Å². The second-order valence-electron chi connectivity index (χ2n) is 7.36. The lowest BCUT2D eigenvalue weighted by Gasteiger charge is -2.25. The summed E-state index contributed by atoms with van der Waals surface area (Å²) in [5.41, 5.74) is 3.08. The molecule has 0 aliphatic rings. The monoisotopic (exact) mass is 372 g/mol. The molecule has 0 radical (unpaired) electrons. The first-order valence-electron chi connectivity index (χ1n) is 9.17. The van der Waals surface area contributed by atoms with Crippen molar-refractivity contribution in [3.8, 4) is 5.69 Å². The lowest BCUT2D eigenvalue weighted by Crippen LogP contribution is -2.45. The Labute approximate surface area is 159 Å². The predicted molar refractivity (Wildman–Crippen MR) is 105 cm³/mol. The van der Waals surface area contributed by atoms with Crippen molar-refractivity contribution in [2.75, 3.05) is 5.32 Å². The van der Waals surface area contributed by atoms with Gasteiger partial charge in [0, 0.05) is 12.0 Å². The predicted octanol–water partition coefficient (Wildman–Crippen LogP) is 3.90. The van der Waals surface area contributed by atoms with Crippen LogP contribution >= 0.6 is 0 Å². The first-order chi connectivity index (χ1) is 12.7. The molecule has 2 amide bonds. The van der Waals surface area contributed by atoms with Crippen molar-refractivity contribution in [1.29, 1.82) is 0 Å². The van der Waals surface area contributed by atoms with Crippen LogP contribution in [0.5, 0.6) is 0 Å². The number of hydrogen-bond acceptors (Lipinski definition) is 3. The van der Waals surface area contributed by atoms with Gasteiger partial charge in [-0.15, -0.1) is 0 Å². The molecule has 0 aliphatic heterocycles. The van der Waals surface area contributed by atoms with E-state index in [0.717, 1.165) is 24.2 Å². The van der Waals surface area contributed by atoms with Gasteiger partial charge in [-0.05, 0) is 45.7 Å². The van der Waals surface area contributed by atoms with Crippen LogP contribution in [0.1, 0.15) is 51.3 Å². The second kappa shape index (κ2) is 8.70. The molecule has 2 rings (SSSR count). The molecule has 1 heterocycles. The van der Waals surface area contributed by atoms with Gasteiger partial charge >= 0.3 is 12.0 Å². The molecule has 27 heavy (non-hydrogen) atoms. The number of rotatable bonds is 8. The van der Waals surface area contributed by atoms with E-state index in [2.05, 4.69) is 22.7 Å². The maximum absolute atomic E-state index is 12.4. The third kappa shape index (κ3) is 5.84. The highest BCUT2D eigenvalue weighted by Gasteiger charge is 2.22. The minimum absolute atomic E-state index is 0.000277. The van der Waals surface area contributed by atoms with E-state index < -0.39 is 11.5 Å². The van der Waals surface area contributed by atoms with Crippen LogP contribution in [0.15, 0.2) is 30.5 Å². The number of nitrogens with zero attached hydrogens (tertiary/aromatic N) is 2. The van der Waals surface area contributed by atoms with Crippen LogP contribution in [0.3, 0.4) is 0 Å². The zero-order valence-electron chi connectivity index (χ0n) is 16.4. The van der Waals surface area contributed by atoms with Gasteiger partial charge in [0.15, 0.2) is 0 Å². The van der Waals surface area contributed by atoms with Crippen LogP contribution in [-0.4, -0.2) is 32.4 Å². The minimum Gasteiger partial charge on any atom is -0.481 e. The van der Waals surface area contributed by atoms with Crippen molar-refractivity contribution in [1.82, 2.24) is 15.1 Å². The number of aromatic nitrogens is 2. The quantitative estimate of drug-likeness (QED) is 0.655. The van der Waals surface area contributed by atoms with Crippen molar-refractivity contribution >= 4 is 17.7 Å². The Morgan fingerprint density at radius 2 is 1.89 bits per heavy atom. The highest BCUT2D eigenvalue weighted by Crippen LogP contribution is 2.22. The molecule has 0 spiro atoms. The topological polar surface area (TPSA) is 96.2 Å².